The third-order valence-corrected chi connectivity index (χ3v) is 2.63. The fourth-order valence-corrected chi connectivity index (χ4v) is 1.64. The molecular formula is C10H12ClFN2. The zero-order valence-corrected chi connectivity index (χ0v) is 8.66. The Morgan fingerprint density at radius 1 is 1.29 bits per heavy atom. The van der Waals surface area contributed by atoms with E-state index in [-0.39, 0.29) is 10.8 Å². The molecule has 1 atom stereocenters. The standard InChI is InChI=1S/C10H12ClFN2/c1-6-4-13-9-2-7(11)8(12)3-10(9)14-5-6/h2-3,6,13-14H,4-5H2,1H3. The summed E-state index contributed by atoms with van der Waals surface area (Å²) >= 11 is 5.69. The van der Waals surface area contributed by atoms with E-state index in [9.17, 15) is 4.39 Å². The van der Waals surface area contributed by atoms with Crippen LogP contribution in [0, 0.1) is 11.7 Å². The molecule has 1 aromatic carbocycles. The Bertz CT molecular complexity index is 321. The summed E-state index contributed by atoms with van der Waals surface area (Å²) in [6, 6.07) is 3.06. The minimum atomic E-state index is -0.380. The molecule has 76 valence electrons. The van der Waals surface area contributed by atoms with Gasteiger partial charge in [0.25, 0.3) is 0 Å². The van der Waals surface area contributed by atoms with Crippen molar-refractivity contribution in [2.24, 2.45) is 5.92 Å². The highest BCUT2D eigenvalue weighted by molar-refractivity contribution is 6.31. The molecular weight excluding hydrogens is 203 g/mol. The molecule has 1 aromatic rings. The molecule has 0 bridgehead atoms. The molecule has 0 radical (unpaired) electrons. The lowest BCUT2D eigenvalue weighted by Crippen LogP contribution is -2.14. The Kier molecular flexibility index (Phi) is 2.50. The second-order valence-electron chi connectivity index (χ2n) is 3.68. The highest BCUT2D eigenvalue weighted by atomic mass is 35.5. The number of hydrogen-bond acceptors (Lipinski definition) is 2. The van der Waals surface area contributed by atoms with Crippen molar-refractivity contribution >= 4 is 23.0 Å². The van der Waals surface area contributed by atoms with Crippen molar-refractivity contribution in [3.8, 4) is 0 Å². The minimum Gasteiger partial charge on any atom is -0.383 e. The van der Waals surface area contributed by atoms with Crippen molar-refractivity contribution in [2.75, 3.05) is 23.7 Å². The number of halogens is 2. The van der Waals surface area contributed by atoms with Crippen LogP contribution < -0.4 is 10.6 Å². The van der Waals surface area contributed by atoms with Crippen molar-refractivity contribution < 1.29 is 4.39 Å². The summed E-state index contributed by atoms with van der Waals surface area (Å²) < 4.78 is 13.1. The summed E-state index contributed by atoms with van der Waals surface area (Å²) in [5.41, 5.74) is 1.66. The van der Waals surface area contributed by atoms with Gasteiger partial charge in [-0.3, -0.25) is 0 Å². The zero-order valence-electron chi connectivity index (χ0n) is 7.90. The highest BCUT2D eigenvalue weighted by Crippen LogP contribution is 2.30. The maximum absolute atomic E-state index is 13.1. The first kappa shape index (κ1) is 9.59. The summed E-state index contributed by atoms with van der Waals surface area (Å²) in [5, 5.41) is 6.57. The van der Waals surface area contributed by atoms with Crippen molar-refractivity contribution in [3.63, 3.8) is 0 Å². The van der Waals surface area contributed by atoms with Gasteiger partial charge in [-0.05, 0) is 12.0 Å². The van der Waals surface area contributed by atoms with Crippen LogP contribution in [0.1, 0.15) is 6.92 Å². The normalized spacial score (nSPS) is 20.4. The van der Waals surface area contributed by atoms with Gasteiger partial charge in [0.15, 0.2) is 0 Å². The van der Waals surface area contributed by atoms with Crippen LogP contribution in [0.15, 0.2) is 12.1 Å². The van der Waals surface area contributed by atoms with E-state index in [1.54, 1.807) is 6.07 Å². The average molecular weight is 215 g/mol. The molecule has 0 aliphatic carbocycles. The molecule has 2 rings (SSSR count). The zero-order chi connectivity index (χ0) is 10.1. The Hall–Kier alpha value is -0.960. The molecule has 0 spiro atoms. The fraction of sp³-hybridized carbons (Fsp3) is 0.400. The van der Waals surface area contributed by atoms with E-state index in [4.69, 9.17) is 11.6 Å². The molecule has 14 heavy (non-hydrogen) atoms. The van der Waals surface area contributed by atoms with Crippen LogP contribution in [-0.4, -0.2) is 13.1 Å². The first-order valence-corrected chi connectivity index (χ1v) is 5.01. The number of fused-ring (bicyclic) bond motifs is 1. The maximum atomic E-state index is 13.1. The summed E-state index contributed by atoms with van der Waals surface area (Å²) in [4.78, 5) is 0. The van der Waals surface area contributed by atoms with Crippen LogP contribution >= 0.6 is 11.6 Å². The van der Waals surface area contributed by atoms with Crippen molar-refractivity contribution in [2.45, 2.75) is 6.92 Å². The van der Waals surface area contributed by atoms with E-state index >= 15 is 0 Å². The lowest BCUT2D eigenvalue weighted by Gasteiger charge is -2.08. The highest BCUT2D eigenvalue weighted by Gasteiger charge is 2.13. The maximum Gasteiger partial charge on any atom is 0.143 e. The van der Waals surface area contributed by atoms with E-state index < -0.39 is 0 Å². The van der Waals surface area contributed by atoms with E-state index in [0.29, 0.717) is 5.92 Å². The van der Waals surface area contributed by atoms with E-state index in [1.165, 1.54) is 6.07 Å². The van der Waals surface area contributed by atoms with Gasteiger partial charge >= 0.3 is 0 Å². The molecule has 1 unspecified atom stereocenters. The van der Waals surface area contributed by atoms with E-state index in [1.807, 2.05) is 0 Å². The van der Waals surface area contributed by atoms with Crippen LogP contribution in [0.3, 0.4) is 0 Å². The fourth-order valence-electron chi connectivity index (χ4n) is 1.48. The van der Waals surface area contributed by atoms with Crippen LogP contribution in [0.4, 0.5) is 15.8 Å². The SMILES string of the molecule is CC1CNc2cc(F)c(Cl)cc2NC1. The summed E-state index contributed by atoms with van der Waals surface area (Å²) in [7, 11) is 0. The molecule has 0 amide bonds. The molecule has 2 nitrogen and oxygen atoms in total. The van der Waals surface area contributed by atoms with Gasteiger partial charge in [-0.15, -0.1) is 0 Å². The Labute approximate surface area is 87.5 Å². The van der Waals surface area contributed by atoms with Gasteiger partial charge in [-0.2, -0.15) is 0 Å². The number of rotatable bonds is 0. The first-order chi connectivity index (χ1) is 6.66. The van der Waals surface area contributed by atoms with Gasteiger partial charge in [-0.1, -0.05) is 18.5 Å². The van der Waals surface area contributed by atoms with Crippen LogP contribution in [0.25, 0.3) is 0 Å². The molecule has 0 fully saturated rings. The third-order valence-electron chi connectivity index (χ3n) is 2.34. The van der Waals surface area contributed by atoms with E-state index in [2.05, 4.69) is 17.6 Å². The second kappa shape index (κ2) is 3.65. The predicted molar refractivity (Wildman–Crippen MR) is 57.6 cm³/mol. The third kappa shape index (κ3) is 1.77. The average Bonchev–Trinajstić information content (AvgIpc) is 2.31. The smallest absolute Gasteiger partial charge is 0.143 e. The van der Waals surface area contributed by atoms with Gasteiger partial charge in [0.05, 0.1) is 16.4 Å². The molecule has 1 aliphatic heterocycles. The van der Waals surface area contributed by atoms with Crippen molar-refractivity contribution in [3.05, 3.63) is 23.0 Å². The lowest BCUT2D eigenvalue weighted by molar-refractivity contribution is 0.628. The van der Waals surface area contributed by atoms with Gasteiger partial charge in [0, 0.05) is 19.2 Å². The van der Waals surface area contributed by atoms with Gasteiger partial charge < -0.3 is 10.6 Å². The molecule has 0 saturated carbocycles. The second-order valence-corrected chi connectivity index (χ2v) is 4.09. The van der Waals surface area contributed by atoms with Crippen LogP contribution in [0.2, 0.25) is 5.02 Å². The topological polar surface area (TPSA) is 24.1 Å². The largest absolute Gasteiger partial charge is 0.383 e. The molecule has 0 saturated heterocycles. The number of hydrogen-bond donors (Lipinski definition) is 2. The van der Waals surface area contributed by atoms with Gasteiger partial charge in [0.2, 0.25) is 0 Å². The first-order valence-electron chi connectivity index (χ1n) is 4.63. The number of anilines is 2. The lowest BCUT2D eigenvalue weighted by atomic mass is 10.2. The monoisotopic (exact) mass is 214 g/mol. The quantitative estimate of drug-likeness (QED) is 0.694. The van der Waals surface area contributed by atoms with E-state index in [0.717, 1.165) is 24.5 Å². The molecule has 0 aromatic heterocycles. The molecule has 1 aliphatic rings. The Morgan fingerprint density at radius 3 is 2.50 bits per heavy atom. The summed E-state index contributed by atoms with van der Waals surface area (Å²) in [6.07, 6.45) is 0. The van der Waals surface area contributed by atoms with Crippen molar-refractivity contribution in [1.82, 2.24) is 0 Å². The summed E-state index contributed by atoms with van der Waals surface area (Å²) in [6.45, 7) is 3.85. The van der Waals surface area contributed by atoms with Gasteiger partial charge in [-0.25, -0.2) is 4.39 Å². The van der Waals surface area contributed by atoms with Gasteiger partial charge in [0.1, 0.15) is 5.82 Å². The van der Waals surface area contributed by atoms with Crippen molar-refractivity contribution in [1.29, 1.82) is 0 Å². The summed E-state index contributed by atoms with van der Waals surface area (Å²) in [5.74, 6) is 0.138. The van der Waals surface area contributed by atoms with Crippen LogP contribution in [-0.2, 0) is 0 Å². The number of nitrogens with one attached hydrogen (secondary N) is 2. The Morgan fingerprint density at radius 2 is 1.86 bits per heavy atom. The Balaban J connectivity index is 2.36. The molecule has 4 heteroatoms. The number of benzene rings is 1. The van der Waals surface area contributed by atoms with Crippen LogP contribution in [0.5, 0.6) is 0 Å². The minimum absolute atomic E-state index is 0.160. The molecule has 1 heterocycles. The predicted octanol–water partition coefficient (Wildman–Crippen LogP) is 2.95. The molecule has 2 N–H and O–H groups in total.